The lowest BCUT2D eigenvalue weighted by atomic mass is 10.2. The first-order valence-electron chi connectivity index (χ1n) is 6.02. The van der Waals surface area contributed by atoms with Gasteiger partial charge in [0.2, 0.25) is 10.0 Å². The van der Waals surface area contributed by atoms with Crippen LogP contribution in [-0.4, -0.2) is 17.2 Å². The number of aromatic nitrogens is 2. The van der Waals surface area contributed by atoms with Crippen LogP contribution in [0.5, 0.6) is 0 Å². The van der Waals surface area contributed by atoms with E-state index >= 15 is 0 Å². The van der Waals surface area contributed by atoms with Crippen LogP contribution in [0.25, 0.3) is 11.0 Å². The molecule has 0 spiro atoms. The zero-order chi connectivity index (χ0) is 14.9. The van der Waals surface area contributed by atoms with Crippen molar-refractivity contribution in [2.45, 2.75) is 11.4 Å². The van der Waals surface area contributed by atoms with Gasteiger partial charge in [0.1, 0.15) is 21.7 Å². The van der Waals surface area contributed by atoms with Crippen LogP contribution < -0.4 is 4.72 Å². The molecule has 0 radical (unpaired) electrons. The van der Waals surface area contributed by atoms with Gasteiger partial charge in [-0.15, -0.1) is 0 Å². The molecule has 0 aliphatic carbocycles. The van der Waals surface area contributed by atoms with E-state index in [1.54, 1.807) is 18.2 Å². The number of benzene rings is 2. The normalized spacial score (nSPS) is 11.9. The molecule has 0 aliphatic heterocycles. The summed E-state index contributed by atoms with van der Waals surface area (Å²) in [5.74, 6) is -0.405. The van der Waals surface area contributed by atoms with E-state index in [2.05, 4.69) is 13.5 Å². The summed E-state index contributed by atoms with van der Waals surface area (Å²) in [5.41, 5.74) is 1.42. The lowest BCUT2D eigenvalue weighted by Gasteiger charge is -2.07. The highest BCUT2D eigenvalue weighted by molar-refractivity contribution is 7.89. The van der Waals surface area contributed by atoms with Gasteiger partial charge in [-0.2, -0.15) is 8.75 Å². The molecule has 3 aromatic rings. The summed E-state index contributed by atoms with van der Waals surface area (Å²) in [6, 6.07) is 10.6. The fourth-order valence-electron chi connectivity index (χ4n) is 1.90. The third kappa shape index (κ3) is 2.92. The van der Waals surface area contributed by atoms with Crippen molar-refractivity contribution in [2.24, 2.45) is 0 Å². The number of sulfonamides is 1. The molecule has 0 unspecified atom stereocenters. The Balaban J connectivity index is 1.89. The Morgan fingerprint density at radius 3 is 2.76 bits per heavy atom. The zero-order valence-corrected chi connectivity index (χ0v) is 12.3. The number of hydrogen-bond donors (Lipinski definition) is 1. The van der Waals surface area contributed by atoms with Crippen LogP contribution in [0, 0.1) is 5.82 Å². The SMILES string of the molecule is O=S(=O)(NCc1cccc(F)c1)c1cccc2nsnc12. The molecule has 8 heteroatoms. The maximum absolute atomic E-state index is 13.1. The lowest BCUT2D eigenvalue weighted by Crippen LogP contribution is -2.23. The van der Waals surface area contributed by atoms with Gasteiger partial charge in [-0.3, -0.25) is 0 Å². The molecule has 5 nitrogen and oxygen atoms in total. The molecule has 1 heterocycles. The van der Waals surface area contributed by atoms with Crippen molar-refractivity contribution in [2.75, 3.05) is 0 Å². The van der Waals surface area contributed by atoms with Gasteiger partial charge in [0.25, 0.3) is 0 Å². The third-order valence-corrected chi connectivity index (χ3v) is 4.87. The first-order valence-corrected chi connectivity index (χ1v) is 8.23. The van der Waals surface area contributed by atoms with Crippen LogP contribution in [0.3, 0.4) is 0 Å². The largest absolute Gasteiger partial charge is 0.243 e. The Hall–Kier alpha value is -1.90. The molecule has 0 saturated carbocycles. The Labute approximate surface area is 124 Å². The van der Waals surface area contributed by atoms with Crippen LogP contribution in [-0.2, 0) is 16.6 Å². The fraction of sp³-hybridized carbons (Fsp3) is 0.0769. The minimum Gasteiger partial charge on any atom is -0.207 e. The van der Waals surface area contributed by atoms with Crippen molar-refractivity contribution in [3.63, 3.8) is 0 Å². The van der Waals surface area contributed by atoms with Crippen molar-refractivity contribution < 1.29 is 12.8 Å². The van der Waals surface area contributed by atoms with Gasteiger partial charge < -0.3 is 0 Å². The second-order valence-electron chi connectivity index (χ2n) is 4.34. The maximum atomic E-state index is 13.1. The van der Waals surface area contributed by atoms with Gasteiger partial charge in [-0.1, -0.05) is 18.2 Å². The summed E-state index contributed by atoms with van der Waals surface area (Å²) in [5, 5.41) is 0. The molecule has 21 heavy (non-hydrogen) atoms. The van der Waals surface area contributed by atoms with Crippen LogP contribution in [0.15, 0.2) is 47.4 Å². The number of fused-ring (bicyclic) bond motifs is 1. The second kappa shape index (κ2) is 5.47. The maximum Gasteiger partial charge on any atom is 0.243 e. The lowest BCUT2D eigenvalue weighted by molar-refractivity contribution is 0.581. The van der Waals surface area contributed by atoms with E-state index in [0.29, 0.717) is 16.6 Å². The average Bonchev–Trinajstić information content (AvgIpc) is 2.93. The molecule has 2 aromatic carbocycles. The van der Waals surface area contributed by atoms with E-state index < -0.39 is 15.8 Å². The monoisotopic (exact) mass is 323 g/mol. The summed E-state index contributed by atoms with van der Waals surface area (Å²) in [7, 11) is -3.74. The van der Waals surface area contributed by atoms with E-state index in [1.165, 1.54) is 24.3 Å². The molecule has 3 rings (SSSR count). The molecule has 0 fully saturated rings. The van der Waals surface area contributed by atoms with Gasteiger partial charge >= 0.3 is 0 Å². The Kier molecular flexibility index (Phi) is 3.66. The Morgan fingerprint density at radius 1 is 1.14 bits per heavy atom. The van der Waals surface area contributed by atoms with Crippen molar-refractivity contribution in [3.05, 3.63) is 53.8 Å². The van der Waals surface area contributed by atoms with Crippen LogP contribution in [0.1, 0.15) is 5.56 Å². The number of rotatable bonds is 4. The highest BCUT2D eigenvalue weighted by Gasteiger charge is 2.19. The van der Waals surface area contributed by atoms with Crippen LogP contribution in [0.4, 0.5) is 4.39 Å². The second-order valence-corrected chi connectivity index (χ2v) is 6.61. The number of nitrogens with one attached hydrogen (secondary N) is 1. The predicted molar refractivity (Wildman–Crippen MR) is 77.8 cm³/mol. The first-order chi connectivity index (χ1) is 10.1. The fourth-order valence-corrected chi connectivity index (χ4v) is 3.68. The third-order valence-electron chi connectivity index (χ3n) is 2.89. The molecule has 0 atom stereocenters. The van der Waals surface area contributed by atoms with E-state index in [9.17, 15) is 12.8 Å². The number of hydrogen-bond acceptors (Lipinski definition) is 5. The number of halogens is 1. The van der Waals surface area contributed by atoms with Gasteiger partial charge in [0, 0.05) is 6.54 Å². The van der Waals surface area contributed by atoms with Crippen molar-refractivity contribution >= 4 is 32.8 Å². The topological polar surface area (TPSA) is 72.0 Å². The summed E-state index contributed by atoms with van der Waals surface area (Å²) >= 11 is 0.958. The highest BCUT2D eigenvalue weighted by Crippen LogP contribution is 2.21. The quantitative estimate of drug-likeness (QED) is 0.800. The summed E-state index contributed by atoms with van der Waals surface area (Å²) in [6.45, 7) is 0.00798. The van der Waals surface area contributed by atoms with E-state index in [0.717, 1.165) is 11.7 Å². The van der Waals surface area contributed by atoms with E-state index in [1.807, 2.05) is 0 Å². The zero-order valence-electron chi connectivity index (χ0n) is 10.7. The highest BCUT2D eigenvalue weighted by atomic mass is 32.2. The minimum atomic E-state index is -3.74. The van der Waals surface area contributed by atoms with Crippen molar-refractivity contribution in [3.8, 4) is 0 Å². The van der Waals surface area contributed by atoms with Crippen LogP contribution in [0.2, 0.25) is 0 Å². The van der Waals surface area contributed by atoms with Gasteiger partial charge in [-0.25, -0.2) is 17.5 Å². The molecule has 0 saturated heterocycles. The first kappa shape index (κ1) is 14.1. The smallest absolute Gasteiger partial charge is 0.207 e. The van der Waals surface area contributed by atoms with Gasteiger partial charge in [-0.05, 0) is 29.8 Å². The Morgan fingerprint density at radius 2 is 1.95 bits per heavy atom. The molecular weight excluding hydrogens is 313 g/mol. The number of nitrogens with zero attached hydrogens (tertiary/aromatic N) is 2. The standard InChI is InChI=1S/C13H10FN3O2S2/c14-10-4-1-3-9(7-10)8-15-21(18,19)12-6-2-5-11-13(12)17-20-16-11/h1-7,15H,8H2. The van der Waals surface area contributed by atoms with Crippen LogP contribution >= 0.6 is 11.7 Å². The van der Waals surface area contributed by atoms with E-state index in [4.69, 9.17) is 0 Å². The predicted octanol–water partition coefficient (Wildman–Crippen LogP) is 2.31. The molecular formula is C13H10FN3O2S2. The summed E-state index contributed by atoms with van der Waals surface area (Å²) < 4.78 is 48.2. The molecule has 1 N–H and O–H groups in total. The van der Waals surface area contributed by atoms with Gasteiger partial charge in [0.05, 0.1) is 11.7 Å². The molecule has 108 valence electrons. The summed E-state index contributed by atoms with van der Waals surface area (Å²) in [6.07, 6.45) is 0. The Bertz CT molecular complexity index is 893. The average molecular weight is 323 g/mol. The minimum absolute atomic E-state index is 0.00798. The molecule has 0 bridgehead atoms. The molecule has 0 aliphatic rings. The molecule has 0 amide bonds. The van der Waals surface area contributed by atoms with Gasteiger partial charge in [0.15, 0.2) is 0 Å². The summed E-state index contributed by atoms with van der Waals surface area (Å²) in [4.78, 5) is 0.0742. The molecule has 1 aromatic heterocycles. The van der Waals surface area contributed by atoms with Crippen molar-refractivity contribution in [1.29, 1.82) is 0 Å². The van der Waals surface area contributed by atoms with E-state index in [-0.39, 0.29) is 11.4 Å². The van der Waals surface area contributed by atoms with Crippen molar-refractivity contribution in [1.82, 2.24) is 13.5 Å².